The molecule has 1 saturated heterocycles. The third kappa shape index (κ3) is 4.67. The van der Waals surface area contributed by atoms with Crippen LogP contribution in [0.3, 0.4) is 0 Å². The fourth-order valence-electron chi connectivity index (χ4n) is 2.73. The van der Waals surface area contributed by atoms with Gasteiger partial charge in [-0.25, -0.2) is 0 Å². The molecule has 0 aromatic heterocycles. The molecule has 9 heteroatoms. The molecule has 7 nitrogen and oxygen atoms in total. The molecule has 1 aliphatic heterocycles. The lowest BCUT2D eigenvalue weighted by Gasteiger charge is -2.18. The predicted octanol–water partition coefficient (Wildman–Crippen LogP) is 3.15. The summed E-state index contributed by atoms with van der Waals surface area (Å²) in [7, 11) is 0. The highest BCUT2D eigenvalue weighted by Gasteiger charge is 2.41. The van der Waals surface area contributed by atoms with Crippen LogP contribution in [0.5, 0.6) is 0 Å². The van der Waals surface area contributed by atoms with Crippen molar-refractivity contribution in [3.63, 3.8) is 0 Å². The van der Waals surface area contributed by atoms with Crippen LogP contribution < -0.4 is 16.0 Å². The van der Waals surface area contributed by atoms with Crippen LogP contribution in [0.2, 0.25) is 0 Å². The van der Waals surface area contributed by atoms with Gasteiger partial charge in [-0.3, -0.25) is 19.3 Å². The van der Waals surface area contributed by atoms with Gasteiger partial charge in [0, 0.05) is 22.3 Å². The highest BCUT2D eigenvalue weighted by Crippen LogP contribution is 2.41. The van der Waals surface area contributed by atoms with Crippen molar-refractivity contribution in [2.75, 3.05) is 10.2 Å². The lowest BCUT2D eigenvalue weighted by molar-refractivity contribution is -0.121. The molecule has 0 saturated carbocycles. The molecule has 2 aromatic carbocycles. The number of nitrogens with two attached hydrogens (primary N) is 1. The van der Waals surface area contributed by atoms with Crippen molar-refractivity contribution in [1.82, 2.24) is 0 Å². The molecule has 3 rings (SSSR count). The zero-order chi connectivity index (χ0) is 21.0. The highest BCUT2D eigenvalue weighted by molar-refractivity contribution is 9.10. The first kappa shape index (κ1) is 20.6. The van der Waals surface area contributed by atoms with Gasteiger partial charge < -0.3 is 11.1 Å². The van der Waals surface area contributed by atoms with Gasteiger partial charge in [-0.05, 0) is 36.4 Å². The molecular weight excluding hydrogens is 456 g/mol. The zero-order valence-corrected chi connectivity index (χ0v) is 17.4. The molecule has 146 valence electrons. The predicted molar refractivity (Wildman–Crippen MR) is 115 cm³/mol. The van der Waals surface area contributed by atoms with Gasteiger partial charge in [0.25, 0.3) is 5.91 Å². The molecule has 2 aromatic rings. The number of amides is 3. The largest absolute Gasteiger partial charge is 0.365 e. The third-order valence-corrected chi connectivity index (χ3v) is 5.83. The van der Waals surface area contributed by atoms with E-state index in [4.69, 9.17) is 5.73 Å². The number of anilines is 2. The van der Waals surface area contributed by atoms with Gasteiger partial charge in [0.15, 0.2) is 0 Å². The Kier molecular flexibility index (Phi) is 6.36. The first-order valence-corrected chi connectivity index (χ1v) is 10.1. The van der Waals surface area contributed by atoms with Crippen molar-refractivity contribution < 1.29 is 14.4 Å². The van der Waals surface area contributed by atoms with Crippen LogP contribution in [0.1, 0.15) is 6.42 Å². The van der Waals surface area contributed by atoms with E-state index >= 15 is 0 Å². The minimum Gasteiger partial charge on any atom is -0.365 e. The molecular formula is C20H15BrN4O3S. The number of carbonyl (C=O) groups excluding carboxylic acids is 3. The molecule has 0 aliphatic carbocycles. The van der Waals surface area contributed by atoms with Gasteiger partial charge in [0.2, 0.25) is 11.8 Å². The Bertz CT molecular complexity index is 1030. The van der Waals surface area contributed by atoms with E-state index in [1.807, 2.05) is 0 Å². The first-order valence-electron chi connectivity index (χ1n) is 8.46. The topological polar surface area (TPSA) is 116 Å². The van der Waals surface area contributed by atoms with Crippen LogP contribution in [-0.4, -0.2) is 23.0 Å². The summed E-state index contributed by atoms with van der Waals surface area (Å²) in [6, 6.07) is 17.4. The molecule has 1 fully saturated rings. The van der Waals surface area contributed by atoms with Crippen LogP contribution in [0, 0.1) is 11.3 Å². The summed E-state index contributed by atoms with van der Waals surface area (Å²) < 4.78 is 0.876. The fraction of sp³-hybridized carbons (Fsp3) is 0.100. The molecule has 0 bridgehead atoms. The van der Waals surface area contributed by atoms with Crippen LogP contribution in [0.25, 0.3) is 0 Å². The Morgan fingerprint density at radius 1 is 1.17 bits per heavy atom. The molecule has 1 atom stereocenters. The molecule has 3 amide bonds. The summed E-state index contributed by atoms with van der Waals surface area (Å²) in [6.07, 6.45) is -0.121. The molecule has 1 heterocycles. The van der Waals surface area contributed by atoms with Gasteiger partial charge in [0.05, 0.1) is 5.25 Å². The molecule has 1 unspecified atom stereocenters. The minimum absolute atomic E-state index is 0.121. The van der Waals surface area contributed by atoms with Gasteiger partial charge >= 0.3 is 0 Å². The van der Waals surface area contributed by atoms with Gasteiger partial charge in [-0.2, -0.15) is 5.26 Å². The Balaban J connectivity index is 1.86. The second kappa shape index (κ2) is 8.94. The number of carbonyl (C=O) groups is 3. The SMILES string of the molecule is N#C/C(C(N)=O)=C1\SC(CC(=O)Nc2ccc(Br)cc2)C(=O)N1c1ccccc1. The van der Waals surface area contributed by atoms with Gasteiger partial charge in [0.1, 0.15) is 16.7 Å². The van der Waals surface area contributed by atoms with Crippen LogP contribution in [0.15, 0.2) is 69.7 Å². The lowest BCUT2D eigenvalue weighted by Crippen LogP contribution is -2.32. The summed E-state index contributed by atoms with van der Waals surface area (Å²) >= 11 is 4.31. The summed E-state index contributed by atoms with van der Waals surface area (Å²) in [5.41, 5.74) is 6.09. The molecule has 3 N–H and O–H groups in total. The van der Waals surface area contributed by atoms with Gasteiger partial charge in [-0.1, -0.05) is 45.9 Å². The molecule has 0 radical (unpaired) electrons. The van der Waals surface area contributed by atoms with Crippen molar-refractivity contribution in [3.05, 3.63) is 69.7 Å². The summed E-state index contributed by atoms with van der Waals surface area (Å²) in [6.45, 7) is 0. The fourth-order valence-corrected chi connectivity index (χ4v) is 4.26. The molecule has 0 spiro atoms. The maximum atomic E-state index is 13.0. The number of nitrogens with zero attached hydrogens (tertiary/aromatic N) is 2. The van der Waals surface area contributed by atoms with E-state index in [1.165, 1.54) is 4.90 Å². The van der Waals surface area contributed by atoms with E-state index in [0.717, 1.165) is 16.2 Å². The maximum Gasteiger partial charge on any atom is 0.262 e. The van der Waals surface area contributed by atoms with Crippen LogP contribution in [0.4, 0.5) is 11.4 Å². The molecule has 29 heavy (non-hydrogen) atoms. The maximum absolute atomic E-state index is 13.0. The number of rotatable bonds is 5. The monoisotopic (exact) mass is 470 g/mol. The number of hydrogen-bond donors (Lipinski definition) is 2. The van der Waals surface area contributed by atoms with Crippen LogP contribution in [-0.2, 0) is 14.4 Å². The average molecular weight is 471 g/mol. The second-order valence-electron chi connectivity index (χ2n) is 6.03. The number of nitriles is 1. The van der Waals surface area contributed by atoms with Crippen molar-refractivity contribution in [1.29, 1.82) is 5.26 Å². The highest BCUT2D eigenvalue weighted by atomic mass is 79.9. The van der Waals surface area contributed by atoms with Gasteiger partial charge in [-0.15, -0.1) is 0 Å². The Labute approximate surface area is 179 Å². The van der Waals surface area contributed by atoms with Crippen molar-refractivity contribution in [2.24, 2.45) is 5.73 Å². The standard InChI is InChI=1S/C20H15BrN4O3S/c21-12-6-8-13(9-7-12)24-17(26)10-16-19(28)25(14-4-2-1-3-5-14)20(29-16)15(11-22)18(23)27/h1-9,16H,10H2,(H2,23,27)(H,24,26)/b20-15+. The smallest absolute Gasteiger partial charge is 0.262 e. The van der Waals surface area contributed by atoms with E-state index in [9.17, 15) is 19.6 Å². The Morgan fingerprint density at radius 3 is 2.41 bits per heavy atom. The number of halogens is 1. The van der Waals surface area contributed by atoms with Crippen molar-refractivity contribution in [3.8, 4) is 6.07 Å². The lowest BCUT2D eigenvalue weighted by atomic mass is 10.2. The Morgan fingerprint density at radius 2 is 1.83 bits per heavy atom. The van der Waals surface area contributed by atoms with Crippen molar-refractivity contribution in [2.45, 2.75) is 11.7 Å². The average Bonchev–Trinajstić information content (AvgIpc) is 3.00. The zero-order valence-electron chi connectivity index (χ0n) is 15.0. The van der Waals surface area contributed by atoms with Crippen LogP contribution >= 0.6 is 27.7 Å². The Hall–Kier alpha value is -3.09. The number of benzene rings is 2. The second-order valence-corrected chi connectivity index (χ2v) is 8.14. The van der Waals surface area contributed by atoms with E-state index in [1.54, 1.807) is 60.7 Å². The van der Waals surface area contributed by atoms with E-state index in [2.05, 4.69) is 21.2 Å². The summed E-state index contributed by atoms with van der Waals surface area (Å²) in [5, 5.41) is 11.4. The van der Waals surface area contributed by atoms with E-state index < -0.39 is 17.1 Å². The number of thioether (sulfide) groups is 1. The van der Waals surface area contributed by atoms with E-state index in [0.29, 0.717) is 11.4 Å². The number of primary amides is 1. The number of para-hydroxylation sites is 1. The van der Waals surface area contributed by atoms with E-state index in [-0.39, 0.29) is 22.9 Å². The summed E-state index contributed by atoms with van der Waals surface area (Å²) in [4.78, 5) is 38.4. The number of hydrogen-bond acceptors (Lipinski definition) is 5. The summed E-state index contributed by atoms with van der Waals surface area (Å²) in [5.74, 6) is -1.68. The number of nitrogens with one attached hydrogen (secondary N) is 1. The first-order chi connectivity index (χ1) is 13.9. The third-order valence-electron chi connectivity index (χ3n) is 4.04. The molecule has 1 aliphatic rings. The van der Waals surface area contributed by atoms with Crippen molar-refractivity contribution >= 4 is 56.8 Å². The quantitative estimate of drug-likeness (QED) is 0.514. The minimum atomic E-state index is -0.927. The normalized spacial score (nSPS) is 17.6.